The molecule has 3 aromatic rings. The van der Waals surface area contributed by atoms with Crippen molar-refractivity contribution in [2.24, 2.45) is 7.05 Å². The zero-order chi connectivity index (χ0) is 20.6. The average Bonchev–Trinajstić information content (AvgIpc) is 3.05. The second kappa shape index (κ2) is 7.34. The average molecular weight is 411 g/mol. The quantitative estimate of drug-likeness (QED) is 0.602. The van der Waals surface area contributed by atoms with Crippen molar-refractivity contribution >= 4 is 27.4 Å². The summed E-state index contributed by atoms with van der Waals surface area (Å²) >= 11 is 1.11. The predicted octanol–water partition coefficient (Wildman–Crippen LogP) is 3.54. The first kappa shape index (κ1) is 20.0. The molecule has 0 saturated heterocycles. The van der Waals surface area contributed by atoms with Crippen molar-refractivity contribution in [1.29, 1.82) is 0 Å². The van der Waals surface area contributed by atoms with E-state index in [1.165, 1.54) is 12.1 Å². The van der Waals surface area contributed by atoms with Crippen LogP contribution in [-0.4, -0.2) is 19.3 Å². The Labute approximate surface area is 161 Å². The number of unbranched alkanes of at least 4 members (excludes halogenated alkanes) is 1. The third-order valence-corrected chi connectivity index (χ3v) is 5.17. The van der Waals surface area contributed by atoms with E-state index in [1.54, 1.807) is 6.07 Å². The molecule has 0 aliphatic carbocycles. The molecular formula is C18H16F3N3O3S. The van der Waals surface area contributed by atoms with Gasteiger partial charge in [-0.25, -0.2) is 9.36 Å². The molecule has 0 spiro atoms. The normalized spacial score (nSPS) is 11.9. The molecule has 1 aromatic carbocycles. The molecule has 148 valence electrons. The Morgan fingerprint density at radius 2 is 1.93 bits per heavy atom. The number of benzene rings is 1. The molecule has 0 atom stereocenters. The number of carbonyl (C=O) groups is 1. The van der Waals surface area contributed by atoms with E-state index in [0.717, 1.165) is 25.0 Å². The topological polar surface area (TPSA) is 74.0 Å². The van der Waals surface area contributed by atoms with Gasteiger partial charge in [0.25, 0.3) is 5.56 Å². The van der Waals surface area contributed by atoms with Crippen LogP contribution < -0.4 is 11.2 Å². The Morgan fingerprint density at radius 1 is 1.21 bits per heavy atom. The highest BCUT2D eigenvalue weighted by Crippen LogP contribution is 2.28. The van der Waals surface area contributed by atoms with Crippen LogP contribution in [0.4, 0.5) is 13.2 Å². The highest BCUT2D eigenvalue weighted by Gasteiger charge is 2.35. The fourth-order valence-electron chi connectivity index (χ4n) is 2.86. The molecule has 28 heavy (non-hydrogen) atoms. The minimum atomic E-state index is -4.83. The SMILES string of the molecule is CCCCC(=O)c1nsc2ccc(-n3c(=O)cc(C(F)(F)F)n(C)c3=O)cc12. The first-order valence-corrected chi connectivity index (χ1v) is 9.25. The Kier molecular flexibility index (Phi) is 5.24. The second-order valence-corrected chi connectivity index (χ2v) is 7.09. The van der Waals surface area contributed by atoms with Gasteiger partial charge in [0.2, 0.25) is 0 Å². The molecule has 0 saturated carbocycles. The van der Waals surface area contributed by atoms with Gasteiger partial charge in [-0.05, 0) is 36.2 Å². The maximum absolute atomic E-state index is 13.0. The van der Waals surface area contributed by atoms with Gasteiger partial charge in [-0.15, -0.1) is 0 Å². The van der Waals surface area contributed by atoms with E-state index in [4.69, 9.17) is 0 Å². The van der Waals surface area contributed by atoms with Crippen molar-refractivity contribution in [1.82, 2.24) is 13.5 Å². The molecule has 2 heterocycles. The van der Waals surface area contributed by atoms with Crippen LogP contribution in [0, 0.1) is 0 Å². The van der Waals surface area contributed by atoms with Crippen LogP contribution >= 0.6 is 11.5 Å². The lowest BCUT2D eigenvalue weighted by Gasteiger charge is -2.14. The van der Waals surface area contributed by atoms with E-state index in [2.05, 4.69) is 4.37 Å². The molecule has 0 aliphatic rings. The molecule has 0 bridgehead atoms. The van der Waals surface area contributed by atoms with E-state index >= 15 is 0 Å². The minimum Gasteiger partial charge on any atom is -0.292 e. The maximum Gasteiger partial charge on any atom is 0.431 e. The first-order valence-electron chi connectivity index (χ1n) is 8.48. The summed E-state index contributed by atoms with van der Waals surface area (Å²) in [7, 11) is 0.950. The molecule has 6 nitrogen and oxygen atoms in total. The van der Waals surface area contributed by atoms with Gasteiger partial charge in [-0.1, -0.05) is 13.3 Å². The molecule has 0 unspecified atom stereocenters. The minimum absolute atomic E-state index is 0.0802. The van der Waals surface area contributed by atoms with Crippen LogP contribution in [0.3, 0.4) is 0 Å². The van der Waals surface area contributed by atoms with Crippen LogP contribution in [0.1, 0.15) is 42.4 Å². The van der Waals surface area contributed by atoms with Crippen molar-refractivity contribution < 1.29 is 18.0 Å². The largest absolute Gasteiger partial charge is 0.431 e. The van der Waals surface area contributed by atoms with Gasteiger partial charge in [0.1, 0.15) is 11.4 Å². The van der Waals surface area contributed by atoms with Gasteiger partial charge in [0.15, 0.2) is 5.78 Å². The Hall–Kier alpha value is -2.75. The fourth-order valence-corrected chi connectivity index (χ4v) is 3.63. The van der Waals surface area contributed by atoms with Gasteiger partial charge in [-0.2, -0.15) is 17.5 Å². The molecule has 3 rings (SSSR count). The number of alkyl halides is 3. The molecule has 0 radical (unpaired) electrons. The van der Waals surface area contributed by atoms with Gasteiger partial charge in [0.05, 0.1) is 10.4 Å². The molecule has 10 heteroatoms. The first-order chi connectivity index (χ1) is 13.1. The number of hydrogen-bond acceptors (Lipinski definition) is 5. The molecule has 0 amide bonds. The van der Waals surface area contributed by atoms with Crippen LogP contribution in [0.5, 0.6) is 0 Å². The summed E-state index contributed by atoms with van der Waals surface area (Å²) < 4.78 is 44.9. The summed E-state index contributed by atoms with van der Waals surface area (Å²) in [4.78, 5) is 37.1. The number of Topliss-reactive ketones (excluding diaryl/α,β-unsaturated/α-hetero) is 1. The van der Waals surface area contributed by atoms with Crippen LogP contribution in [0.2, 0.25) is 0 Å². The summed E-state index contributed by atoms with van der Waals surface area (Å²) in [5.41, 5.74) is -3.23. The van der Waals surface area contributed by atoms with Crippen LogP contribution in [0.15, 0.2) is 33.9 Å². The van der Waals surface area contributed by atoms with E-state index < -0.39 is 23.1 Å². The maximum atomic E-state index is 13.0. The second-order valence-electron chi connectivity index (χ2n) is 6.28. The van der Waals surface area contributed by atoms with Crippen molar-refractivity contribution in [2.75, 3.05) is 0 Å². The number of nitrogens with zero attached hydrogens (tertiary/aromatic N) is 3. The monoisotopic (exact) mass is 411 g/mol. The van der Waals surface area contributed by atoms with Crippen LogP contribution in [0.25, 0.3) is 15.8 Å². The number of fused-ring (bicyclic) bond motifs is 1. The summed E-state index contributed by atoms with van der Waals surface area (Å²) in [5, 5.41) is 0.470. The Bertz CT molecular complexity index is 1170. The Morgan fingerprint density at radius 3 is 2.57 bits per heavy atom. The van der Waals surface area contributed by atoms with Gasteiger partial charge in [0, 0.05) is 24.9 Å². The lowest BCUT2D eigenvalue weighted by molar-refractivity contribution is -0.144. The van der Waals surface area contributed by atoms with Crippen molar-refractivity contribution in [3.05, 3.63) is 56.5 Å². The van der Waals surface area contributed by atoms with Crippen LogP contribution in [-0.2, 0) is 13.2 Å². The van der Waals surface area contributed by atoms with Crippen molar-refractivity contribution in [3.8, 4) is 5.69 Å². The van der Waals surface area contributed by atoms with E-state index in [9.17, 15) is 27.6 Å². The summed E-state index contributed by atoms with van der Waals surface area (Å²) in [6, 6.07) is 4.85. The third-order valence-electron chi connectivity index (χ3n) is 4.34. The molecular weight excluding hydrogens is 395 g/mol. The lowest BCUT2D eigenvalue weighted by atomic mass is 10.1. The number of aromatic nitrogens is 3. The van der Waals surface area contributed by atoms with Gasteiger partial charge < -0.3 is 0 Å². The standard InChI is InChI=1S/C18H16F3N3O3S/c1-3-4-5-12(25)16-11-8-10(6-7-13(11)28-22-16)24-15(26)9-14(18(19,20)21)23(2)17(24)27/h6-9H,3-5H2,1-2H3. The van der Waals surface area contributed by atoms with E-state index in [0.29, 0.717) is 38.1 Å². The number of halogens is 3. The van der Waals surface area contributed by atoms with E-state index in [-0.39, 0.29) is 17.2 Å². The molecule has 0 N–H and O–H groups in total. The number of rotatable bonds is 5. The van der Waals surface area contributed by atoms with E-state index in [1.807, 2.05) is 6.92 Å². The number of carbonyl (C=O) groups excluding carboxylic acids is 1. The summed E-state index contributed by atoms with van der Waals surface area (Å²) in [6.45, 7) is 1.96. The van der Waals surface area contributed by atoms with Gasteiger partial charge >= 0.3 is 11.9 Å². The highest BCUT2D eigenvalue weighted by atomic mass is 32.1. The smallest absolute Gasteiger partial charge is 0.292 e. The van der Waals surface area contributed by atoms with Crippen molar-refractivity contribution in [2.45, 2.75) is 32.4 Å². The zero-order valence-corrected chi connectivity index (χ0v) is 15.9. The zero-order valence-electron chi connectivity index (χ0n) is 15.0. The fraction of sp³-hybridized carbons (Fsp3) is 0.333. The Balaban J connectivity index is 2.18. The predicted molar refractivity (Wildman–Crippen MR) is 99.3 cm³/mol. The number of ketones is 1. The summed E-state index contributed by atoms with van der Waals surface area (Å²) in [5.74, 6) is -0.155. The number of hydrogen-bond donors (Lipinski definition) is 0. The van der Waals surface area contributed by atoms with Gasteiger partial charge in [-0.3, -0.25) is 14.2 Å². The van der Waals surface area contributed by atoms with Crippen molar-refractivity contribution in [3.63, 3.8) is 0 Å². The molecule has 0 fully saturated rings. The summed E-state index contributed by atoms with van der Waals surface area (Å²) in [6.07, 6.45) is -2.96. The molecule has 0 aliphatic heterocycles. The third kappa shape index (κ3) is 3.51. The molecule has 2 aromatic heterocycles. The highest BCUT2D eigenvalue weighted by molar-refractivity contribution is 7.13. The lowest BCUT2D eigenvalue weighted by Crippen LogP contribution is -2.40.